The van der Waals surface area contributed by atoms with Gasteiger partial charge in [-0.2, -0.15) is 4.31 Å². The van der Waals surface area contributed by atoms with E-state index in [1.165, 1.54) is 0 Å². The van der Waals surface area contributed by atoms with E-state index in [0.717, 1.165) is 23.3 Å². The predicted octanol–water partition coefficient (Wildman–Crippen LogP) is 3.19. The van der Waals surface area contributed by atoms with Crippen LogP contribution in [0, 0.1) is 6.92 Å². The normalized spacial score (nSPS) is 18.3. The standard InChI is InChI=1S/C19H23NO4S/c1-14-12-18(8-9-19(14)24-3)25(21,22)20-11-10-16(13-20)15-4-6-17(23-2)7-5-15/h4-9,12,16H,10-11,13H2,1-3H3. The fraction of sp³-hybridized carbons (Fsp3) is 0.368. The molecule has 0 aliphatic carbocycles. The zero-order valence-corrected chi connectivity index (χ0v) is 15.5. The lowest BCUT2D eigenvalue weighted by atomic mass is 9.99. The highest BCUT2D eigenvalue weighted by molar-refractivity contribution is 7.89. The Bertz CT molecular complexity index is 846. The fourth-order valence-corrected chi connectivity index (χ4v) is 4.84. The zero-order valence-electron chi connectivity index (χ0n) is 14.7. The topological polar surface area (TPSA) is 55.8 Å². The van der Waals surface area contributed by atoms with Crippen molar-refractivity contribution in [1.82, 2.24) is 4.31 Å². The van der Waals surface area contributed by atoms with Crippen molar-refractivity contribution in [2.45, 2.75) is 24.2 Å². The van der Waals surface area contributed by atoms with Gasteiger partial charge in [0, 0.05) is 13.1 Å². The number of hydrogen-bond acceptors (Lipinski definition) is 4. The molecule has 1 saturated heterocycles. The largest absolute Gasteiger partial charge is 0.497 e. The Morgan fingerprint density at radius 1 is 1.04 bits per heavy atom. The molecule has 0 amide bonds. The van der Waals surface area contributed by atoms with Gasteiger partial charge in [0.25, 0.3) is 0 Å². The number of nitrogens with zero attached hydrogens (tertiary/aromatic N) is 1. The lowest BCUT2D eigenvalue weighted by Gasteiger charge is -2.18. The van der Waals surface area contributed by atoms with Crippen LogP contribution in [0.5, 0.6) is 11.5 Å². The van der Waals surface area contributed by atoms with Gasteiger partial charge in [-0.05, 0) is 60.7 Å². The summed E-state index contributed by atoms with van der Waals surface area (Å²) in [7, 11) is -0.272. The molecule has 2 aromatic carbocycles. The lowest BCUT2D eigenvalue weighted by Crippen LogP contribution is -2.28. The first-order valence-electron chi connectivity index (χ1n) is 8.24. The molecule has 1 fully saturated rings. The molecule has 6 heteroatoms. The van der Waals surface area contributed by atoms with Gasteiger partial charge in [0.2, 0.25) is 10.0 Å². The van der Waals surface area contributed by atoms with E-state index >= 15 is 0 Å². The van der Waals surface area contributed by atoms with Gasteiger partial charge in [0.05, 0.1) is 19.1 Å². The molecule has 0 saturated carbocycles. The number of ether oxygens (including phenoxy) is 2. The summed E-state index contributed by atoms with van der Waals surface area (Å²) in [6, 6.07) is 12.9. The van der Waals surface area contributed by atoms with E-state index in [1.807, 2.05) is 31.2 Å². The molecule has 1 aliphatic rings. The third-order valence-electron chi connectivity index (χ3n) is 4.74. The number of aryl methyl sites for hydroxylation is 1. The van der Waals surface area contributed by atoms with Gasteiger partial charge < -0.3 is 9.47 Å². The Morgan fingerprint density at radius 3 is 2.36 bits per heavy atom. The van der Waals surface area contributed by atoms with Gasteiger partial charge in [0.1, 0.15) is 11.5 Å². The molecule has 2 aromatic rings. The van der Waals surface area contributed by atoms with Crippen LogP contribution < -0.4 is 9.47 Å². The number of methoxy groups -OCH3 is 2. The highest BCUT2D eigenvalue weighted by Crippen LogP contribution is 2.32. The summed E-state index contributed by atoms with van der Waals surface area (Å²) in [6.45, 7) is 2.88. The second-order valence-corrected chi connectivity index (χ2v) is 8.19. The fourth-order valence-electron chi connectivity index (χ4n) is 3.26. The monoisotopic (exact) mass is 361 g/mol. The van der Waals surface area contributed by atoms with Crippen LogP contribution in [-0.2, 0) is 10.0 Å². The first kappa shape index (κ1) is 17.8. The maximum atomic E-state index is 12.9. The van der Waals surface area contributed by atoms with Crippen molar-refractivity contribution in [3.63, 3.8) is 0 Å². The van der Waals surface area contributed by atoms with Crippen LogP contribution in [0.3, 0.4) is 0 Å². The van der Waals surface area contributed by atoms with Crippen LogP contribution in [0.25, 0.3) is 0 Å². The van der Waals surface area contributed by atoms with Crippen molar-refractivity contribution >= 4 is 10.0 Å². The summed E-state index contributed by atoms with van der Waals surface area (Å²) in [5.74, 6) is 1.71. The molecule has 134 valence electrons. The molecule has 0 spiro atoms. The highest BCUT2D eigenvalue weighted by atomic mass is 32.2. The molecule has 3 rings (SSSR count). The Morgan fingerprint density at radius 2 is 1.76 bits per heavy atom. The molecular formula is C19H23NO4S. The van der Waals surface area contributed by atoms with E-state index < -0.39 is 10.0 Å². The van der Waals surface area contributed by atoms with Crippen molar-refractivity contribution in [3.05, 3.63) is 53.6 Å². The predicted molar refractivity (Wildman–Crippen MR) is 96.8 cm³/mol. The molecule has 25 heavy (non-hydrogen) atoms. The number of benzene rings is 2. The summed E-state index contributed by atoms with van der Waals surface area (Å²) < 4.78 is 37.8. The van der Waals surface area contributed by atoms with Crippen molar-refractivity contribution in [2.75, 3.05) is 27.3 Å². The van der Waals surface area contributed by atoms with E-state index in [9.17, 15) is 8.42 Å². The van der Waals surface area contributed by atoms with E-state index in [-0.39, 0.29) is 5.92 Å². The third-order valence-corrected chi connectivity index (χ3v) is 6.60. The van der Waals surface area contributed by atoms with Crippen LogP contribution in [0.15, 0.2) is 47.4 Å². The van der Waals surface area contributed by atoms with Gasteiger partial charge in [-0.15, -0.1) is 0 Å². The third kappa shape index (κ3) is 3.50. The highest BCUT2D eigenvalue weighted by Gasteiger charge is 2.33. The molecule has 0 radical (unpaired) electrons. The molecule has 5 nitrogen and oxygen atoms in total. The summed E-state index contributed by atoms with van der Waals surface area (Å²) >= 11 is 0. The average molecular weight is 361 g/mol. The number of hydrogen-bond donors (Lipinski definition) is 0. The van der Waals surface area contributed by atoms with Crippen LogP contribution >= 0.6 is 0 Å². The SMILES string of the molecule is COc1ccc(C2CCN(S(=O)(=O)c3ccc(OC)c(C)c3)C2)cc1. The second-order valence-electron chi connectivity index (χ2n) is 6.25. The van der Waals surface area contributed by atoms with Gasteiger partial charge in [-0.3, -0.25) is 0 Å². The van der Waals surface area contributed by atoms with Gasteiger partial charge in [0.15, 0.2) is 0 Å². The zero-order chi connectivity index (χ0) is 18.0. The number of rotatable bonds is 5. The number of sulfonamides is 1. The van der Waals surface area contributed by atoms with Crippen LogP contribution in [0.4, 0.5) is 0 Å². The summed E-state index contributed by atoms with van der Waals surface area (Å²) in [4.78, 5) is 0.321. The van der Waals surface area contributed by atoms with Gasteiger partial charge in [-0.1, -0.05) is 12.1 Å². The first-order valence-corrected chi connectivity index (χ1v) is 9.68. The summed E-state index contributed by atoms with van der Waals surface area (Å²) in [5, 5.41) is 0. The maximum Gasteiger partial charge on any atom is 0.243 e. The quantitative estimate of drug-likeness (QED) is 0.821. The van der Waals surface area contributed by atoms with E-state index in [2.05, 4.69) is 0 Å². The molecule has 0 N–H and O–H groups in total. The molecule has 1 heterocycles. The van der Waals surface area contributed by atoms with Crippen molar-refractivity contribution < 1.29 is 17.9 Å². The van der Waals surface area contributed by atoms with Gasteiger partial charge >= 0.3 is 0 Å². The summed E-state index contributed by atoms with van der Waals surface area (Å²) in [5.41, 5.74) is 1.96. The Kier molecular flexibility index (Phi) is 5.01. The molecule has 1 unspecified atom stereocenters. The van der Waals surface area contributed by atoms with E-state index in [4.69, 9.17) is 9.47 Å². The lowest BCUT2D eigenvalue weighted by molar-refractivity contribution is 0.411. The Labute approximate surface area is 149 Å². The summed E-state index contributed by atoms with van der Waals surface area (Å²) in [6.07, 6.45) is 0.820. The van der Waals surface area contributed by atoms with Crippen molar-refractivity contribution in [2.24, 2.45) is 0 Å². The minimum atomic E-state index is -3.49. The molecule has 1 atom stereocenters. The maximum absolute atomic E-state index is 12.9. The van der Waals surface area contributed by atoms with Crippen LogP contribution in [0.2, 0.25) is 0 Å². The second kappa shape index (κ2) is 7.06. The first-order chi connectivity index (χ1) is 12.0. The minimum absolute atomic E-state index is 0.208. The smallest absolute Gasteiger partial charge is 0.243 e. The van der Waals surface area contributed by atoms with E-state index in [1.54, 1.807) is 36.7 Å². The van der Waals surface area contributed by atoms with Crippen LogP contribution in [-0.4, -0.2) is 40.0 Å². The molecular weight excluding hydrogens is 338 g/mol. The Balaban J connectivity index is 1.79. The van der Waals surface area contributed by atoms with Crippen molar-refractivity contribution in [1.29, 1.82) is 0 Å². The minimum Gasteiger partial charge on any atom is -0.497 e. The van der Waals surface area contributed by atoms with Crippen LogP contribution in [0.1, 0.15) is 23.5 Å². The molecule has 1 aliphatic heterocycles. The Hall–Kier alpha value is -2.05. The molecule has 0 aromatic heterocycles. The van der Waals surface area contributed by atoms with Crippen molar-refractivity contribution in [3.8, 4) is 11.5 Å². The van der Waals surface area contributed by atoms with E-state index in [0.29, 0.717) is 23.7 Å². The molecule has 0 bridgehead atoms. The average Bonchev–Trinajstić information content (AvgIpc) is 3.12. The van der Waals surface area contributed by atoms with Gasteiger partial charge in [-0.25, -0.2) is 8.42 Å².